The van der Waals surface area contributed by atoms with Crippen LogP contribution in [0.5, 0.6) is 5.75 Å². The van der Waals surface area contributed by atoms with Crippen LogP contribution in [0.15, 0.2) is 36.7 Å². The van der Waals surface area contributed by atoms with Gasteiger partial charge >= 0.3 is 0 Å². The lowest BCUT2D eigenvalue weighted by molar-refractivity contribution is -0.120. The number of carbonyl (C=O) groups excluding carboxylic acids is 2. The van der Waals surface area contributed by atoms with Crippen LogP contribution in [0.3, 0.4) is 0 Å². The molecule has 28 heavy (non-hydrogen) atoms. The number of amides is 2. The first-order valence-electron chi connectivity index (χ1n) is 9.82. The van der Waals surface area contributed by atoms with E-state index in [4.69, 9.17) is 5.73 Å². The Labute approximate surface area is 165 Å². The number of phenolic OH excluding ortho intramolecular Hbond substituents is 1. The maximum atomic E-state index is 12.6. The minimum Gasteiger partial charge on any atom is -0.508 e. The van der Waals surface area contributed by atoms with Gasteiger partial charge in [-0.15, -0.1) is 0 Å². The van der Waals surface area contributed by atoms with E-state index in [1.165, 1.54) is 6.42 Å². The van der Waals surface area contributed by atoms with Gasteiger partial charge in [-0.25, -0.2) is 0 Å². The van der Waals surface area contributed by atoms with Crippen molar-refractivity contribution in [3.05, 3.63) is 58.9 Å². The van der Waals surface area contributed by atoms with Crippen molar-refractivity contribution in [2.45, 2.75) is 57.4 Å². The Bertz CT molecular complexity index is 830. The maximum absolute atomic E-state index is 12.6. The zero-order chi connectivity index (χ0) is 19.9. The second-order valence-electron chi connectivity index (χ2n) is 7.43. The first-order chi connectivity index (χ1) is 13.5. The van der Waals surface area contributed by atoms with Crippen molar-refractivity contribution in [2.75, 3.05) is 0 Å². The van der Waals surface area contributed by atoms with E-state index < -0.39 is 5.91 Å². The Morgan fingerprint density at radius 1 is 1.14 bits per heavy atom. The van der Waals surface area contributed by atoms with Gasteiger partial charge in [0.05, 0.1) is 12.8 Å². The van der Waals surface area contributed by atoms with Crippen molar-refractivity contribution < 1.29 is 14.7 Å². The van der Waals surface area contributed by atoms with Crippen LogP contribution in [0.4, 0.5) is 0 Å². The monoisotopic (exact) mass is 381 g/mol. The third kappa shape index (κ3) is 5.09. The minimum atomic E-state index is -0.408. The molecule has 0 saturated heterocycles. The number of rotatable bonds is 7. The highest BCUT2D eigenvalue weighted by atomic mass is 16.3. The predicted octanol–water partition coefficient (Wildman–Crippen LogP) is 2.72. The highest BCUT2D eigenvalue weighted by molar-refractivity contribution is 5.81. The number of primary amides is 1. The molecule has 0 unspecified atom stereocenters. The first kappa shape index (κ1) is 19.9. The lowest BCUT2D eigenvalue weighted by Gasteiger charge is -2.27. The zero-order valence-electron chi connectivity index (χ0n) is 16.0. The number of nitrogens with one attached hydrogen (secondary N) is 1. The van der Waals surface area contributed by atoms with E-state index >= 15 is 0 Å². The van der Waals surface area contributed by atoms with E-state index in [1.54, 1.807) is 24.5 Å². The van der Waals surface area contributed by atoms with E-state index in [2.05, 4.69) is 10.3 Å². The standard InChI is InChI=1S/C22H27N3O3/c23-20(27)11-17-8-9-19(26)18(22(17)16-6-2-1-3-7-16)12-21(28)25-14-15-5-4-10-24-13-15/h4-5,8-10,13,16,26H,1-3,6-7,11-12,14H2,(H2,23,27)(H,25,28). The number of phenols is 1. The van der Waals surface area contributed by atoms with Gasteiger partial charge in [0, 0.05) is 24.5 Å². The molecule has 1 aromatic heterocycles. The van der Waals surface area contributed by atoms with Crippen LogP contribution in [0.25, 0.3) is 0 Å². The molecule has 1 aliphatic rings. The van der Waals surface area contributed by atoms with Gasteiger partial charge in [-0.2, -0.15) is 0 Å². The minimum absolute atomic E-state index is 0.0739. The maximum Gasteiger partial charge on any atom is 0.224 e. The van der Waals surface area contributed by atoms with Crippen molar-refractivity contribution in [1.29, 1.82) is 0 Å². The number of hydrogen-bond acceptors (Lipinski definition) is 4. The predicted molar refractivity (Wildman–Crippen MR) is 107 cm³/mol. The summed E-state index contributed by atoms with van der Waals surface area (Å²) in [5.41, 5.74) is 8.74. The highest BCUT2D eigenvalue weighted by Gasteiger charge is 2.25. The largest absolute Gasteiger partial charge is 0.508 e. The van der Waals surface area contributed by atoms with Gasteiger partial charge in [0.1, 0.15) is 5.75 Å². The number of carbonyl (C=O) groups is 2. The molecule has 1 saturated carbocycles. The summed E-state index contributed by atoms with van der Waals surface area (Å²) in [4.78, 5) is 28.2. The van der Waals surface area contributed by atoms with E-state index in [-0.39, 0.29) is 30.4 Å². The highest BCUT2D eigenvalue weighted by Crippen LogP contribution is 2.39. The zero-order valence-corrected chi connectivity index (χ0v) is 16.0. The average molecular weight is 381 g/mol. The summed E-state index contributed by atoms with van der Waals surface area (Å²) < 4.78 is 0. The summed E-state index contributed by atoms with van der Waals surface area (Å²) in [6.07, 6.45) is 9.01. The van der Waals surface area contributed by atoms with Crippen molar-refractivity contribution in [3.8, 4) is 5.75 Å². The summed E-state index contributed by atoms with van der Waals surface area (Å²) in [5, 5.41) is 13.4. The van der Waals surface area contributed by atoms with E-state index in [0.717, 1.165) is 42.4 Å². The molecule has 6 nitrogen and oxygen atoms in total. The van der Waals surface area contributed by atoms with Crippen molar-refractivity contribution in [3.63, 3.8) is 0 Å². The second kappa shape index (κ2) is 9.35. The van der Waals surface area contributed by atoms with Gasteiger partial charge < -0.3 is 16.2 Å². The van der Waals surface area contributed by atoms with Crippen LogP contribution in [-0.4, -0.2) is 21.9 Å². The summed E-state index contributed by atoms with van der Waals surface area (Å²) in [7, 11) is 0. The van der Waals surface area contributed by atoms with Crippen LogP contribution in [0, 0.1) is 0 Å². The molecule has 0 atom stereocenters. The molecule has 0 radical (unpaired) electrons. The second-order valence-corrected chi connectivity index (χ2v) is 7.43. The fourth-order valence-electron chi connectivity index (χ4n) is 4.06. The summed E-state index contributed by atoms with van der Waals surface area (Å²) in [6.45, 7) is 0.382. The molecule has 4 N–H and O–H groups in total. The molecule has 0 spiro atoms. The third-order valence-corrected chi connectivity index (χ3v) is 5.35. The number of aromatic hydroxyl groups is 1. The topological polar surface area (TPSA) is 105 Å². The summed E-state index contributed by atoms with van der Waals surface area (Å²) in [6, 6.07) is 7.04. The van der Waals surface area contributed by atoms with Crippen molar-refractivity contribution in [2.24, 2.45) is 5.73 Å². The Hall–Kier alpha value is -2.89. The fourth-order valence-corrected chi connectivity index (χ4v) is 4.06. The van der Waals surface area contributed by atoms with Crippen LogP contribution in [-0.2, 0) is 29.0 Å². The molecule has 0 bridgehead atoms. The van der Waals surface area contributed by atoms with Gasteiger partial charge in [-0.05, 0) is 47.6 Å². The Kier molecular flexibility index (Phi) is 6.63. The van der Waals surface area contributed by atoms with E-state index in [0.29, 0.717) is 12.1 Å². The normalized spacial score (nSPS) is 14.6. The average Bonchev–Trinajstić information content (AvgIpc) is 2.70. The molecule has 6 heteroatoms. The van der Waals surface area contributed by atoms with Crippen LogP contribution >= 0.6 is 0 Å². The molecule has 3 rings (SSSR count). The van der Waals surface area contributed by atoms with E-state index in [1.807, 2.05) is 12.1 Å². The summed E-state index contributed by atoms with van der Waals surface area (Å²) in [5.74, 6) is -0.233. The smallest absolute Gasteiger partial charge is 0.224 e. The van der Waals surface area contributed by atoms with Gasteiger partial charge in [0.2, 0.25) is 11.8 Å². The Morgan fingerprint density at radius 2 is 1.93 bits per heavy atom. The Balaban J connectivity index is 1.83. The van der Waals surface area contributed by atoms with Gasteiger partial charge in [-0.1, -0.05) is 31.4 Å². The third-order valence-electron chi connectivity index (χ3n) is 5.35. The number of nitrogens with two attached hydrogens (primary N) is 1. The number of nitrogens with zero attached hydrogens (tertiary/aromatic N) is 1. The quantitative estimate of drug-likeness (QED) is 0.686. The molecule has 2 amide bonds. The molecule has 148 valence electrons. The lowest BCUT2D eigenvalue weighted by Crippen LogP contribution is -2.26. The fraction of sp³-hybridized carbons (Fsp3) is 0.409. The van der Waals surface area contributed by atoms with Gasteiger partial charge in [0.15, 0.2) is 0 Å². The molecule has 1 heterocycles. The molecule has 0 aliphatic heterocycles. The molecular weight excluding hydrogens is 354 g/mol. The summed E-state index contributed by atoms with van der Waals surface area (Å²) >= 11 is 0. The molecule has 2 aromatic rings. The first-order valence-corrected chi connectivity index (χ1v) is 9.82. The van der Waals surface area contributed by atoms with Gasteiger partial charge in [0.25, 0.3) is 0 Å². The van der Waals surface area contributed by atoms with E-state index in [9.17, 15) is 14.7 Å². The van der Waals surface area contributed by atoms with Crippen LogP contribution < -0.4 is 11.1 Å². The lowest BCUT2D eigenvalue weighted by atomic mass is 9.78. The van der Waals surface area contributed by atoms with Gasteiger partial charge in [-0.3, -0.25) is 14.6 Å². The van der Waals surface area contributed by atoms with Crippen molar-refractivity contribution >= 4 is 11.8 Å². The Morgan fingerprint density at radius 3 is 2.61 bits per heavy atom. The van der Waals surface area contributed by atoms with Crippen LogP contribution in [0.2, 0.25) is 0 Å². The number of benzene rings is 1. The molecule has 1 aromatic carbocycles. The molecule has 1 aliphatic carbocycles. The number of hydrogen-bond donors (Lipinski definition) is 3. The number of pyridine rings is 1. The molecular formula is C22H27N3O3. The number of aromatic nitrogens is 1. The molecule has 1 fully saturated rings. The SMILES string of the molecule is NC(=O)Cc1ccc(O)c(CC(=O)NCc2cccnc2)c1C1CCCCC1. The van der Waals surface area contributed by atoms with Crippen molar-refractivity contribution in [1.82, 2.24) is 10.3 Å². The van der Waals surface area contributed by atoms with Crippen LogP contribution in [0.1, 0.15) is 60.3 Å².